The summed E-state index contributed by atoms with van der Waals surface area (Å²) in [7, 11) is 1.74. The highest BCUT2D eigenvalue weighted by Crippen LogP contribution is 2.13. The van der Waals surface area contributed by atoms with E-state index >= 15 is 0 Å². The Labute approximate surface area is 112 Å². The van der Waals surface area contributed by atoms with Crippen LogP contribution in [0.3, 0.4) is 0 Å². The molecule has 0 aromatic heterocycles. The van der Waals surface area contributed by atoms with Crippen LogP contribution in [-0.2, 0) is 17.6 Å². The van der Waals surface area contributed by atoms with Gasteiger partial charge in [-0.1, -0.05) is 38.1 Å². The lowest BCUT2D eigenvalue weighted by Gasteiger charge is -2.21. The summed E-state index contributed by atoms with van der Waals surface area (Å²) in [5.41, 5.74) is 2.85. The monoisotopic (exact) mass is 249 g/mol. The Kier molecular flexibility index (Phi) is 6.99. The minimum Gasteiger partial charge on any atom is -0.383 e. The first-order valence-electron chi connectivity index (χ1n) is 6.97. The van der Waals surface area contributed by atoms with Gasteiger partial charge >= 0.3 is 0 Å². The van der Waals surface area contributed by atoms with Crippen molar-refractivity contribution in [3.8, 4) is 0 Å². The summed E-state index contributed by atoms with van der Waals surface area (Å²) in [5, 5.41) is 3.50. The third-order valence-corrected chi connectivity index (χ3v) is 3.61. The van der Waals surface area contributed by atoms with Gasteiger partial charge in [0.15, 0.2) is 0 Å². The Hall–Kier alpha value is -0.860. The lowest BCUT2D eigenvalue weighted by molar-refractivity contribution is 0.192. The molecule has 18 heavy (non-hydrogen) atoms. The van der Waals surface area contributed by atoms with E-state index in [4.69, 9.17) is 4.74 Å². The number of aryl methyl sites for hydroxylation is 1. The van der Waals surface area contributed by atoms with Crippen molar-refractivity contribution >= 4 is 0 Å². The van der Waals surface area contributed by atoms with Crippen LogP contribution in [0.1, 0.15) is 31.9 Å². The largest absolute Gasteiger partial charge is 0.383 e. The van der Waals surface area contributed by atoms with E-state index in [1.165, 1.54) is 11.1 Å². The zero-order valence-electron chi connectivity index (χ0n) is 12.2. The molecule has 0 aliphatic heterocycles. The molecule has 0 spiro atoms. The molecular weight excluding hydrogens is 222 g/mol. The number of benzene rings is 1. The van der Waals surface area contributed by atoms with Gasteiger partial charge < -0.3 is 10.1 Å². The predicted octanol–water partition coefficient (Wildman–Crippen LogP) is 3.05. The second-order valence-electron chi connectivity index (χ2n) is 5.09. The van der Waals surface area contributed by atoms with E-state index in [9.17, 15) is 0 Å². The maximum atomic E-state index is 5.05. The van der Waals surface area contributed by atoms with Crippen LogP contribution in [0.2, 0.25) is 0 Å². The zero-order chi connectivity index (χ0) is 13.4. The van der Waals surface area contributed by atoms with E-state index in [-0.39, 0.29) is 0 Å². The second-order valence-corrected chi connectivity index (χ2v) is 5.09. The van der Waals surface area contributed by atoms with Crippen LogP contribution >= 0.6 is 0 Å². The molecule has 1 aromatic carbocycles. The number of hydrogen-bond acceptors (Lipinski definition) is 2. The number of ether oxygens (including phenoxy) is 1. The first-order chi connectivity index (χ1) is 8.67. The normalized spacial score (nSPS) is 14.4. The van der Waals surface area contributed by atoms with Crippen LogP contribution in [0.4, 0.5) is 0 Å². The van der Waals surface area contributed by atoms with Gasteiger partial charge in [-0.05, 0) is 36.8 Å². The third kappa shape index (κ3) is 5.19. The first-order valence-corrected chi connectivity index (χ1v) is 6.97. The smallest absolute Gasteiger partial charge is 0.0587 e. The maximum Gasteiger partial charge on any atom is 0.0587 e. The summed E-state index contributed by atoms with van der Waals surface area (Å²) in [6, 6.07) is 9.52. The molecule has 2 unspecified atom stereocenters. The lowest BCUT2D eigenvalue weighted by atomic mass is 9.94. The standard InChI is InChI=1S/C16H27NO/c1-5-15-6-8-16(9-7-15)12-13(2)14(3)17-10-11-18-4/h6-9,13-14,17H,5,10-12H2,1-4H3. The number of hydrogen-bond donors (Lipinski definition) is 1. The van der Waals surface area contributed by atoms with Gasteiger partial charge in [0.2, 0.25) is 0 Å². The molecule has 2 heteroatoms. The van der Waals surface area contributed by atoms with Crippen molar-refractivity contribution in [2.24, 2.45) is 5.92 Å². The minimum absolute atomic E-state index is 0.519. The van der Waals surface area contributed by atoms with Gasteiger partial charge in [-0.25, -0.2) is 0 Å². The molecule has 0 fully saturated rings. The number of methoxy groups -OCH3 is 1. The van der Waals surface area contributed by atoms with Crippen molar-refractivity contribution in [2.75, 3.05) is 20.3 Å². The van der Waals surface area contributed by atoms with Crippen LogP contribution in [0.25, 0.3) is 0 Å². The molecule has 0 saturated heterocycles. The SMILES string of the molecule is CCc1ccc(CC(C)C(C)NCCOC)cc1. The molecule has 0 aliphatic rings. The van der Waals surface area contributed by atoms with Crippen LogP contribution in [0.15, 0.2) is 24.3 Å². The van der Waals surface area contributed by atoms with Crippen LogP contribution in [0, 0.1) is 5.92 Å². The molecule has 0 amide bonds. The molecule has 0 aliphatic carbocycles. The second kappa shape index (κ2) is 8.28. The highest BCUT2D eigenvalue weighted by atomic mass is 16.5. The van der Waals surface area contributed by atoms with Crippen molar-refractivity contribution < 1.29 is 4.74 Å². The molecule has 0 bridgehead atoms. The van der Waals surface area contributed by atoms with Gasteiger partial charge in [0.05, 0.1) is 6.61 Å². The minimum atomic E-state index is 0.519. The fourth-order valence-electron chi connectivity index (χ4n) is 2.05. The molecule has 0 heterocycles. The molecule has 2 atom stereocenters. The average molecular weight is 249 g/mol. The Morgan fingerprint density at radius 2 is 1.72 bits per heavy atom. The predicted molar refractivity (Wildman–Crippen MR) is 78.0 cm³/mol. The summed E-state index contributed by atoms with van der Waals surface area (Å²) in [4.78, 5) is 0. The van der Waals surface area contributed by atoms with Crippen LogP contribution < -0.4 is 5.32 Å². The van der Waals surface area contributed by atoms with E-state index in [1.54, 1.807) is 7.11 Å². The van der Waals surface area contributed by atoms with Gasteiger partial charge in [0.25, 0.3) is 0 Å². The molecular formula is C16H27NO. The van der Waals surface area contributed by atoms with E-state index in [1.807, 2.05) is 0 Å². The molecule has 2 nitrogen and oxygen atoms in total. The van der Waals surface area contributed by atoms with E-state index < -0.39 is 0 Å². The Balaban J connectivity index is 2.39. The van der Waals surface area contributed by atoms with Gasteiger partial charge in [-0.3, -0.25) is 0 Å². The summed E-state index contributed by atoms with van der Waals surface area (Å²) in [6.45, 7) is 8.46. The maximum absolute atomic E-state index is 5.05. The fraction of sp³-hybridized carbons (Fsp3) is 0.625. The van der Waals surface area contributed by atoms with Crippen molar-refractivity contribution in [2.45, 2.75) is 39.7 Å². The zero-order valence-corrected chi connectivity index (χ0v) is 12.2. The van der Waals surface area contributed by atoms with Gasteiger partial charge in [0, 0.05) is 19.7 Å². The van der Waals surface area contributed by atoms with Crippen molar-refractivity contribution in [3.63, 3.8) is 0 Å². The molecule has 1 aromatic rings. The molecule has 1 rings (SSSR count). The fourth-order valence-corrected chi connectivity index (χ4v) is 2.05. The van der Waals surface area contributed by atoms with Crippen molar-refractivity contribution in [1.29, 1.82) is 0 Å². The Bertz CT molecular complexity index is 320. The highest BCUT2D eigenvalue weighted by Gasteiger charge is 2.11. The van der Waals surface area contributed by atoms with E-state index in [2.05, 4.69) is 50.4 Å². The molecule has 102 valence electrons. The first kappa shape index (κ1) is 15.2. The third-order valence-electron chi connectivity index (χ3n) is 3.61. The molecule has 1 N–H and O–H groups in total. The van der Waals surface area contributed by atoms with Crippen molar-refractivity contribution in [3.05, 3.63) is 35.4 Å². The van der Waals surface area contributed by atoms with E-state index in [0.717, 1.165) is 26.0 Å². The average Bonchev–Trinajstić information content (AvgIpc) is 2.39. The van der Waals surface area contributed by atoms with Crippen LogP contribution in [-0.4, -0.2) is 26.3 Å². The summed E-state index contributed by atoms with van der Waals surface area (Å²) >= 11 is 0. The van der Waals surface area contributed by atoms with Gasteiger partial charge in [-0.15, -0.1) is 0 Å². The van der Waals surface area contributed by atoms with E-state index in [0.29, 0.717) is 12.0 Å². The lowest BCUT2D eigenvalue weighted by Crippen LogP contribution is -2.35. The molecule has 0 radical (unpaired) electrons. The van der Waals surface area contributed by atoms with Gasteiger partial charge in [0.1, 0.15) is 0 Å². The summed E-state index contributed by atoms with van der Waals surface area (Å²) in [5.74, 6) is 0.634. The molecule has 0 saturated carbocycles. The summed E-state index contributed by atoms with van der Waals surface area (Å²) < 4.78 is 5.05. The quantitative estimate of drug-likeness (QED) is 0.715. The topological polar surface area (TPSA) is 21.3 Å². The number of rotatable bonds is 8. The number of nitrogens with one attached hydrogen (secondary N) is 1. The van der Waals surface area contributed by atoms with Crippen molar-refractivity contribution in [1.82, 2.24) is 5.32 Å². The highest BCUT2D eigenvalue weighted by molar-refractivity contribution is 5.22. The van der Waals surface area contributed by atoms with Gasteiger partial charge in [-0.2, -0.15) is 0 Å². The van der Waals surface area contributed by atoms with Crippen LogP contribution in [0.5, 0.6) is 0 Å². The Morgan fingerprint density at radius 1 is 1.11 bits per heavy atom. The Morgan fingerprint density at radius 3 is 2.28 bits per heavy atom. The summed E-state index contributed by atoms with van der Waals surface area (Å²) in [6.07, 6.45) is 2.25.